The third kappa shape index (κ3) is 3.18. The summed E-state index contributed by atoms with van der Waals surface area (Å²) in [5.74, 6) is 0.0537. The second kappa shape index (κ2) is 4.64. The molecule has 2 heterocycles. The lowest BCUT2D eigenvalue weighted by atomic mass is 10.1. The van der Waals surface area contributed by atoms with Gasteiger partial charge in [0, 0.05) is 18.7 Å². The lowest BCUT2D eigenvalue weighted by molar-refractivity contribution is -0.263. The van der Waals surface area contributed by atoms with Gasteiger partial charge in [0.25, 0.3) is 0 Å². The lowest BCUT2D eigenvalue weighted by Gasteiger charge is -2.37. The molecule has 0 bridgehead atoms. The molecule has 6 nitrogen and oxygen atoms in total. The Labute approximate surface area is 101 Å². The Bertz CT molecular complexity index is 331. The molecule has 1 fully saturated rings. The molecule has 0 saturated carbocycles. The summed E-state index contributed by atoms with van der Waals surface area (Å²) < 4.78 is 11.1. The van der Waals surface area contributed by atoms with E-state index < -0.39 is 12.1 Å². The van der Waals surface area contributed by atoms with Gasteiger partial charge in [0.05, 0.1) is 13.2 Å². The van der Waals surface area contributed by atoms with E-state index in [0.29, 0.717) is 25.6 Å². The van der Waals surface area contributed by atoms with Crippen molar-refractivity contribution in [1.29, 1.82) is 0 Å². The second-order valence-electron chi connectivity index (χ2n) is 4.80. The third-order valence-corrected chi connectivity index (χ3v) is 2.80. The predicted molar refractivity (Wildman–Crippen MR) is 62.9 cm³/mol. The summed E-state index contributed by atoms with van der Waals surface area (Å²) in [6.07, 6.45) is 2.50. The molecule has 2 rings (SSSR count). The van der Waals surface area contributed by atoms with Crippen LogP contribution in [-0.2, 0) is 9.47 Å². The molecule has 96 valence electrons. The maximum absolute atomic E-state index is 9.70. The molecule has 0 spiro atoms. The van der Waals surface area contributed by atoms with E-state index >= 15 is 0 Å². The molecule has 0 aromatic heterocycles. The number of nitrogens with zero attached hydrogens (tertiary/aromatic N) is 2. The summed E-state index contributed by atoms with van der Waals surface area (Å²) >= 11 is 0. The van der Waals surface area contributed by atoms with Gasteiger partial charge in [0.2, 0.25) is 6.35 Å². The average molecular weight is 241 g/mol. The van der Waals surface area contributed by atoms with Crippen LogP contribution in [0.15, 0.2) is 17.3 Å². The number of aliphatic hydroxyl groups is 1. The van der Waals surface area contributed by atoms with Gasteiger partial charge >= 0.3 is 0 Å². The predicted octanol–water partition coefficient (Wildman–Crippen LogP) is -0.152. The van der Waals surface area contributed by atoms with Gasteiger partial charge in [-0.2, -0.15) is 0 Å². The van der Waals surface area contributed by atoms with E-state index in [9.17, 15) is 5.11 Å². The lowest BCUT2D eigenvalue weighted by Crippen LogP contribution is -2.45. The zero-order valence-electron chi connectivity index (χ0n) is 10.2. The molecule has 3 N–H and O–H groups in total. The van der Waals surface area contributed by atoms with Crippen LogP contribution in [0.25, 0.3) is 0 Å². The standard InChI is InChI=1S/C11H19N3O3/c1-11(2)16-6-8(7-17-11)5-14-4-3-9(12)13-10(14)15/h3-4,8,10,15H,5-7H2,1-2H3,(H2,12,13). The van der Waals surface area contributed by atoms with Crippen LogP contribution in [0, 0.1) is 5.92 Å². The van der Waals surface area contributed by atoms with Crippen molar-refractivity contribution in [3.05, 3.63) is 12.3 Å². The number of hydrogen-bond donors (Lipinski definition) is 2. The van der Waals surface area contributed by atoms with Gasteiger partial charge in [0.1, 0.15) is 5.84 Å². The summed E-state index contributed by atoms with van der Waals surface area (Å²) in [5.41, 5.74) is 5.48. The van der Waals surface area contributed by atoms with Crippen LogP contribution in [-0.4, -0.2) is 47.7 Å². The smallest absolute Gasteiger partial charge is 0.227 e. The normalized spacial score (nSPS) is 29.2. The maximum Gasteiger partial charge on any atom is 0.227 e. The Morgan fingerprint density at radius 1 is 1.53 bits per heavy atom. The Morgan fingerprint density at radius 2 is 2.18 bits per heavy atom. The van der Waals surface area contributed by atoms with Crippen LogP contribution >= 0.6 is 0 Å². The van der Waals surface area contributed by atoms with Crippen LogP contribution in [0.2, 0.25) is 0 Å². The molecular formula is C11H19N3O3. The zero-order valence-corrected chi connectivity index (χ0v) is 10.2. The van der Waals surface area contributed by atoms with Gasteiger partial charge < -0.3 is 25.2 Å². The van der Waals surface area contributed by atoms with E-state index in [0.717, 1.165) is 0 Å². The number of nitrogens with two attached hydrogens (primary N) is 1. The molecule has 0 aromatic rings. The molecule has 0 aromatic carbocycles. The molecule has 1 saturated heterocycles. The summed E-state index contributed by atoms with van der Waals surface area (Å²) in [6.45, 7) is 5.64. The first-order valence-electron chi connectivity index (χ1n) is 5.69. The molecule has 6 heteroatoms. The zero-order chi connectivity index (χ0) is 12.5. The Kier molecular flexibility index (Phi) is 3.37. The second-order valence-corrected chi connectivity index (χ2v) is 4.80. The average Bonchev–Trinajstić information content (AvgIpc) is 2.25. The fourth-order valence-corrected chi connectivity index (χ4v) is 1.79. The van der Waals surface area contributed by atoms with E-state index in [1.807, 2.05) is 13.8 Å². The van der Waals surface area contributed by atoms with Crippen LogP contribution in [0.1, 0.15) is 13.8 Å². The number of aliphatic imine (C=N–C) groups is 1. The Hall–Kier alpha value is -1.11. The number of hydrogen-bond acceptors (Lipinski definition) is 6. The van der Waals surface area contributed by atoms with Crippen LogP contribution < -0.4 is 5.73 Å². The SMILES string of the molecule is CC1(C)OCC(CN2C=CC(N)=NC2O)CO1. The van der Waals surface area contributed by atoms with Gasteiger partial charge in [0.15, 0.2) is 5.79 Å². The topological polar surface area (TPSA) is 80.3 Å². The molecule has 2 aliphatic heterocycles. The maximum atomic E-state index is 9.70. The fraction of sp³-hybridized carbons (Fsp3) is 0.727. The number of rotatable bonds is 2. The van der Waals surface area contributed by atoms with Crippen molar-refractivity contribution in [1.82, 2.24) is 4.90 Å². The highest BCUT2D eigenvalue weighted by Gasteiger charge is 2.30. The van der Waals surface area contributed by atoms with Gasteiger partial charge in [-0.15, -0.1) is 0 Å². The highest BCUT2D eigenvalue weighted by Crippen LogP contribution is 2.22. The molecule has 2 aliphatic rings. The van der Waals surface area contributed by atoms with Crippen LogP contribution in [0.4, 0.5) is 0 Å². The van der Waals surface area contributed by atoms with E-state index in [1.54, 1.807) is 17.2 Å². The van der Waals surface area contributed by atoms with Crippen molar-refractivity contribution in [2.75, 3.05) is 19.8 Å². The number of amidine groups is 1. The summed E-state index contributed by atoms with van der Waals surface area (Å²) in [5, 5.41) is 9.70. The highest BCUT2D eigenvalue weighted by atomic mass is 16.7. The number of aliphatic hydroxyl groups excluding tert-OH is 1. The summed E-state index contributed by atoms with van der Waals surface area (Å²) in [7, 11) is 0. The van der Waals surface area contributed by atoms with Crippen molar-refractivity contribution < 1.29 is 14.6 Å². The van der Waals surface area contributed by atoms with Crippen LogP contribution in [0.5, 0.6) is 0 Å². The van der Waals surface area contributed by atoms with Crippen LogP contribution in [0.3, 0.4) is 0 Å². The fourth-order valence-electron chi connectivity index (χ4n) is 1.79. The highest BCUT2D eigenvalue weighted by molar-refractivity contribution is 5.91. The Balaban J connectivity index is 1.85. The molecule has 0 radical (unpaired) electrons. The minimum atomic E-state index is -0.907. The quantitative estimate of drug-likeness (QED) is 0.702. The molecule has 17 heavy (non-hydrogen) atoms. The van der Waals surface area contributed by atoms with Crippen molar-refractivity contribution in [2.24, 2.45) is 16.6 Å². The van der Waals surface area contributed by atoms with E-state index in [4.69, 9.17) is 15.2 Å². The minimum absolute atomic E-state index is 0.219. The molecule has 1 atom stereocenters. The molecule has 0 aliphatic carbocycles. The first kappa shape index (κ1) is 12.3. The molecular weight excluding hydrogens is 222 g/mol. The van der Waals surface area contributed by atoms with Crippen molar-refractivity contribution in [3.8, 4) is 0 Å². The molecule has 0 amide bonds. The number of ether oxygens (including phenoxy) is 2. The monoisotopic (exact) mass is 241 g/mol. The van der Waals surface area contributed by atoms with E-state index in [2.05, 4.69) is 4.99 Å². The van der Waals surface area contributed by atoms with Gasteiger partial charge in [-0.1, -0.05) is 0 Å². The first-order valence-corrected chi connectivity index (χ1v) is 5.69. The Morgan fingerprint density at radius 3 is 2.76 bits per heavy atom. The third-order valence-electron chi connectivity index (χ3n) is 2.80. The van der Waals surface area contributed by atoms with Gasteiger partial charge in [-0.3, -0.25) is 0 Å². The van der Waals surface area contributed by atoms with E-state index in [1.165, 1.54) is 0 Å². The minimum Gasteiger partial charge on any atom is -0.384 e. The van der Waals surface area contributed by atoms with E-state index in [-0.39, 0.29) is 5.92 Å². The van der Waals surface area contributed by atoms with Crippen molar-refractivity contribution >= 4 is 5.84 Å². The summed E-state index contributed by atoms with van der Waals surface area (Å²) in [6, 6.07) is 0. The molecule has 1 unspecified atom stereocenters. The van der Waals surface area contributed by atoms with Gasteiger partial charge in [-0.05, 0) is 19.9 Å². The van der Waals surface area contributed by atoms with Crippen molar-refractivity contribution in [3.63, 3.8) is 0 Å². The summed E-state index contributed by atoms with van der Waals surface area (Å²) in [4.78, 5) is 5.58. The van der Waals surface area contributed by atoms with Gasteiger partial charge in [-0.25, -0.2) is 4.99 Å². The first-order chi connectivity index (χ1) is 7.96. The van der Waals surface area contributed by atoms with Crippen molar-refractivity contribution in [2.45, 2.75) is 26.0 Å². The largest absolute Gasteiger partial charge is 0.384 e.